The SMILES string of the molecule is CCc1nc(Br)cc(NC2CCN(C)C2)n1. The zero-order chi connectivity index (χ0) is 11.5. The first-order valence-electron chi connectivity index (χ1n) is 5.66. The van der Waals surface area contributed by atoms with E-state index in [-0.39, 0.29) is 0 Å². The van der Waals surface area contributed by atoms with E-state index < -0.39 is 0 Å². The van der Waals surface area contributed by atoms with E-state index in [0.29, 0.717) is 6.04 Å². The van der Waals surface area contributed by atoms with Crippen LogP contribution >= 0.6 is 15.9 Å². The van der Waals surface area contributed by atoms with Gasteiger partial charge in [-0.05, 0) is 35.9 Å². The van der Waals surface area contributed by atoms with Gasteiger partial charge in [-0.25, -0.2) is 9.97 Å². The number of likely N-dealkylation sites (tertiary alicyclic amines) is 1. The van der Waals surface area contributed by atoms with E-state index in [0.717, 1.165) is 35.8 Å². The van der Waals surface area contributed by atoms with Crippen molar-refractivity contribution in [2.75, 3.05) is 25.5 Å². The normalized spacial score (nSPS) is 21.3. The van der Waals surface area contributed by atoms with Crippen LogP contribution in [0.1, 0.15) is 19.2 Å². The quantitative estimate of drug-likeness (QED) is 0.861. The predicted molar refractivity (Wildman–Crippen MR) is 68.6 cm³/mol. The lowest BCUT2D eigenvalue weighted by molar-refractivity contribution is 0.414. The van der Waals surface area contributed by atoms with Gasteiger partial charge in [0.25, 0.3) is 0 Å². The molecule has 5 heteroatoms. The molecule has 0 bridgehead atoms. The Hall–Kier alpha value is -0.680. The maximum atomic E-state index is 4.47. The number of nitrogens with one attached hydrogen (secondary N) is 1. The third-order valence-corrected chi connectivity index (χ3v) is 3.21. The molecule has 1 aromatic heterocycles. The molecule has 1 aromatic rings. The molecule has 1 N–H and O–H groups in total. The molecule has 0 radical (unpaired) electrons. The second-order valence-corrected chi connectivity index (χ2v) is 5.05. The molecule has 0 aliphatic carbocycles. The van der Waals surface area contributed by atoms with Gasteiger partial charge in [-0.1, -0.05) is 6.92 Å². The van der Waals surface area contributed by atoms with Crippen LogP contribution in [0.3, 0.4) is 0 Å². The highest BCUT2D eigenvalue weighted by molar-refractivity contribution is 9.10. The Morgan fingerprint density at radius 1 is 1.56 bits per heavy atom. The average Bonchev–Trinajstić information content (AvgIpc) is 2.63. The van der Waals surface area contributed by atoms with Crippen LogP contribution in [-0.2, 0) is 6.42 Å². The van der Waals surface area contributed by atoms with E-state index in [9.17, 15) is 0 Å². The zero-order valence-electron chi connectivity index (χ0n) is 9.70. The predicted octanol–water partition coefficient (Wildman–Crippen LogP) is 1.92. The average molecular weight is 285 g/mol. The van der Waals surface area contributed by atoms with Crippen molar-refractivity contribution < 1.29 is 0 Å². The van der Waals surface area contributed by atoms with Gasteiger partial charge in [0.05, 0.1) is 0 Å². The van der Waals surface area contributed by atoms with Gasteiger partial charge in [0, 0.05) is 25.1 Å². The standard InChI is InChI=1S/C11H17BrN4/c1-3-10-14-9(12)6-11(15-10)13-8-4-5-16(2)7-8/h6,8H,3-5,7H2,1-2H3,(H,13,14,15). The largest absolute Gasteiger partial charge is 0.366 e. The molecule has 1 unspecified atom stereocenters. The number of aromatic nitrogens is 2. The topological polar surface area (TPSA) is 41.1 Å². The first-order chi connectivity index (χ1) is 7.67. The van der Waals surface area contributed by atoms with E-state index in [2.05, 4.69) is 50.1 Å². The minimum atomic E-state index is 0.511. The molecule has 1 fully saturated rings. The van der Waals surface area contributed by atoms with Gasteiger partial charge >= 0.3 is 0 Å². The molecule has 1 saturated heterocycles. The minimum Gasteiger partial charge on any atom is -0.366 e. The number of likely N-dealkylation sites (N-methyl/N-ethyl adjacent to an activating group) is 1. The van der Waals surface area contributed by atoms with E-state index in [1.807, 2.05) is 6.07 Å². The van der Waals surface area contributed by atoms with Crippen molar-refractivity contribution in [1.82, 2.24) is 14.9 Å². The minimum absolute atomic E-state index is 0.511. The Morgan fingerprint density at radius 2 is 2.38 bits per heavy atom. The van der Waals surface area contributed by atoms with E-state index in [4.69, 9.17) is 0 Å². The van der Waals surface area contributed by atoms with Gasteiger partial charge in [-0.2, -0.15) is 0 Å². The molecular formula is C11H17BrN4. The highest BCUT2D eigenvalue weighted by Gasteiger charge is 2.19. The molecule has 1 aliphatic heterocycles. The van der Waals surface area contributed by atoms with Gasteiger partial charge in [0.1, 0.15) is 16.2 Å². The molecular weight excluding hydrogens is 268 g/mol. The van der Waals surface area contributed by atoms with Gasteiger partial charge < -0.3 is 10.2 Å². The van der Waals surface area contributed by atoms with Crippen molar-refractivity contribution in [1.29, 1.82) is 0 Å². The first kappa shape index (κ1) is 11.8. The summed E-state index contributed by atoms with van der Waals surface area (Å²) >= 11 is 3.41. The first-order valence-corrected chi connectivity index (χ1v) is 6.45. The maximum absolute atomic E-state index is 4.47. The van der Waals surface area contributed by atoms with Crippen molar-refractivity contribution >= 4 is 21.7 Å². The van der Waals surface area contributed by atoms with Gasteiger partial charge in [-0.15, -0.1) is 0 Å². The zero-order valence-corrected chi connectivity index (χ0v) is 11.3. The molecule has 1 atom stereocenters. The highest BCUT2D eigenvalue weighted by atomic mass is 79.9. The molecule has 0 saturated carbocycles. The summed E-state index contributed by atoms with van der Waals surface area (Å²) in [6, 6.07) is 2.45. The van der Waals surface area contributed by atoms with Crippen LogP contribution in [0.4, 0.5) is 5.82 Å². The Morgan fingerprint density at radius 3 is 3.00 bits per heavy atom. The number of anilines is 1. The molecule has 16 heavy (non-hydrogen) atoms. The maximum Gasteiger partial charge on any atom is 0.131 e. The third-order valence-electron chi connectivity index (χ3n) is 2.80. The summed E-state index contributed by atoms with van der Waals surface area (Å²) in [5, 5.41) is 3.46. The van der Waals surface area contributed by atoms with Crippen molar-refractivity contribution in [3.05, 3.63) is 16.5 Å². The smallest absolute Gasteiger partial charge is 0.131 e. The second kappa shape index (κ2) is 5.10. The fourth-order valence-electron chi connectivity index (χ4n) is 1.96. The monoisotopic (exact) mass is 284 g/mol. The molecule has 0 aromatic carbocycles. The van der Waals surface area contributed by atoms with E-state index >= 15 is 0 Å². The van der Waals surface area contributed by atoms with Gasteiger partial charge in [-0.3, -0.25) is 0 Å². The molecule has 2 rings (SSSR count). The van der Waals surface area contributed by atoms with Crippen LogP contribution in [0.15, 0.2) is 10.7 Å². The summed E-state index contributed by atoms with van der Waals surface area (Å²) in [5.74, 6) is 1.81. The Bertz CT molecular complexity index is 369. The molecule has 1 aliphatic rings. The van der Waals surface area contributed by atoms with Crippen LogP contribution in [0.5, 0.6) is 0 Å². The van der Waals surface area contributed by atoms with Crippen molar-refractivity contribution in [3.63, 3.8) is 0 Å². The number of hydrogen-bond donors (Lipinski definition) is 1. The molecule has 2 heterocycles. The van der Waals surface area contributed by atoms with Crippen molar-refractivity contribution in [2.45, 2.75) is 25.8 Å². The number of hydrogen-bond acceptors (Lipinski definition) is 4. The van der Waals surface area contributed by atoms with Crippen LogP contribution < -0.4 is 5.32 Å². The lowest BCUT2D eigenvalue weighted by Crippen LogP contribution is -2.24. The second-order valence-electron chi connectivity index (χ2n) is 4.24. The summed E-state index contributed by atoms with van der Waals surface area (Å²) in [7, 11) is 2.15. The van der Waals surface area contributed by atoms with Crippen LogP contribution in [0, 0.1) is 0 Å². The Labute approximate surface area is 105 Å². The van der Waals surface area contributed by atoms with Crippen molar-refractivity contribution in [2.24, 2.45) is 0 Å². The molecule has 0 amide bonds. The lowest BCUT2D eigenvalue weighted by Gasteiger charge is -2.14. The van der Waals surface area contributed by atoms with E-state index in [1.54, 1.807) is 0 Å². The van der Waals surface area contributed by atoms with E-state index in [1.165, 1.54) is 6.42 Å². The fraction of sp³-hybridized carbons (Fsp3) is 0.636. The number of rotatable bonds is 3. The number of aryl methyl sites for hydroxylation is 1. The molecule has 0 spiro atoms. The summed E-state index contributed by atoms with van der Waals surface area (Å²) in [6.45, 7) is 4.31. The van der Waals surface area contributed by atoms with Crippen LogP contribution in [-0.4, -0.2) is 41.0 Å². The van der Waals surface area contributed by atoms with Crippen LogP contribution in [0.2, 0.25) is 0 Å². The summed E-state index contributed by atoms with van der Waals surface area (Å²) < 4.78 is 0.855. The van der Waals surface area contributed by atoms with Gasteiger partial charge in [0.2, 0.25) is 0 Å². The summed E-state index contributed by atoms with van der Waals surface area (Å²) in [6.07, 6.45) is 2.04. The highest BCUT2D eigenvalue weighted by Crippen LogP contribution is 2.16. The number of nitrogens with zero attached hydrogens (tertiary/aromatic N) is 3. The number of halogens is 1. The third kappa shape index (κ3) is 2.92. The van der Waals surface area contributed by atoms with Crippen molar-refractivity contribution in [3.8, 4) is 0 Å². The lowest BCUT2D eigenvalue weighted by atomic mass is 10.2. The Kier molecular flexibility index (Phi) is 3.76. The van der Waals surface area contributed by atoms with Crippen LogP contribution in [0.25, 0.3) is 0 Å². The summed E-state index contributed by atoms with van der Waals surface area (Å²) in [5.41, 5.74) is 0. The molecule has 4 nitrogen and oxygen atoms in total. The Balaban J connectivity index is 2.06. The summed E-state index contributed by atoms with van der Waals surface area (Å²) in [4.78, 5) is 11.1. The van der Waals surface area contributed by atoms with Gasteiger partial charge in [0.15, 0.2) is 0 Å². The fourth-order valence-corrected chi connectivity index (χ4v) is 2.38. The molecule has 88 valence electrons.